The number of carbonyl (C=O) groups is 2. The maximum atomic E-state index is 11.9. The molecule has 1 aromatic heterocycles. The summed E-state index contributed by atoms with van der Waals surface area (Å²) in [7, 11) is 2.57. The summed E-state index contributed by atoms with van der Waals surface area (Å²) in [5, 5.41) is 6.81. The van der Waals surface area contributed by atoms with E-state index in [1.54, 1.807) is 12.1 Å². The lowest BCUT2D eigenvalue weighted by molar-refractivity contribution is 0.0599. The fraction of sp³-hybridized carbons (Fsp3) is 0.364. The molecule has 3 rings (SSSR count). The Morgan fingerprint density at radius 3 is 2.29 bits per heavy atom. The molecule has 0 radical (unpaired) electrons. The summed E-state index contributed by atoms with van der Waals surface area (Å²) in [6, 6.07) is 10.8. The van der Waals surface area contributed by atoms with Gasteiger partial charge in [-0.25, -0.2) is 9.59 Å². The van der Waals surface area contributed by atoms with E-state index in [9.17, 15) is 9.59 Å². The fourth-order valence-electron chi connectivity index (χ4n) is 3.48. The van der Waals surface area contributed by atoms with Crippen molar-refractivity contribution in [3.8, 4) is 0 Å². The van der Waals surface area contributed by atoms with Crippen LogP contribution in [0, 0.1) is 0 Å². The van der Waals surface area contributed by atoms with Crippen LogP contribution in [0.5, 0.6) is 0 Å². The highest BCUT2D eigenvalue weighted by molar-refractivity contribution is 7.80. The molecule has 2 N–H and O–H groups in total. The van der Waals surface area contributed by atoms with Crippen molar-refractivity contribution in [2.24, 2.45) is 0 Å². The molecule has 2 aromatic rings. The molecule has 0 amide bonds. The van der Waals surface area contributed by atoms with E-state index < -0.39 is 11.9 Å². The Morgan fingerprint density at radius 2 is 1.74 bits per heavy atom. The predicted octanol–water partition coefficient (Wildman–Crippen LogP) is 2.61. The Bertz CT molecular complexity index is 896. The molecule has 9 heteroatoms. The minimum atomic E-state index is -0.548. The molecule has 0 atom stereocenters. The minimum Gasteiger partial charge on any atom is -0.465 e. The van der Waals surface area contributed by atoms with Crippen LogP contribution in [-0.4, -0.2) is 60.3 Å². The number of nitrogens with zero attached hydrogens (tertiary/aromatic N) is 2. The van der Waals surface area contributed by atoms with E-state index in [0.717, 1.165) is 38.2 Å². The number of likely N-dealkylation sites (tertiary alicyclic amines) is 1. The molecular formula is C22H26N4O4S. The molecule has 2 heterocycles. The third-order valence-corrected chi connectivity index (χ3v) is 5.29. The van der Waals surface area contributed by atoms with Gasteiger partial charge in [0.05, 0.1) is 31.0 Å². The number of carbonyl (C=O) groups excluding carboxylic acids is 2. The second-order valence-corrected chi connectivity index (χ2v) is 7.66. The first-order valence-corrected chi connectivity index (χ1v) is 10.4. The number of anilines is 1. The molecule has 1 fully saturated rings. The van der Waals surface area contributed by atoms with E-state index in [4.69, 9.17) is 21.7 Å². The van der Waals surface area contributed by atoms with Gasteiger partial charge in [0.1, 0.15) is 0 Å². The number of nitrogens with one attached hydrogen (secondary N) is 2. The summed E-state index contributed by atoms with van der Waals surface area (Å²) >= 11 is 5.45. The molecule has 1 aliphatic rings. The van der Waals surface area contributed by atoms with Crippen LogP contribution in [0.2, 0.25) is 0 Å². The fourth-order valence-corrected chi connectivity index (χ4v) is 3.76. The Balaban J connectivity index is 1.56. The molecular weight excluding hydrogens is 416 g/mol. The maximum Gasteiger partial charge on any atom is 0.337 e. The van der Waals surface area contributed by atoms with Crippen LogP contribution in [0.15, 0.2) is 42.6 Å². The number of hydrogen-bond donors (Lipinski definition) is 2. The maximum absolute atomic E-state index is 11.9. The molecule has 1 aliphatic heterocycles. The average molecular weight is 443 g/mol. The monoisotopic (exact) mass is 442 g/mol. The van der Waals surface area contributed by atoms with Crippen molar-refractivity contribution in [1.29, 1.82) is 0 Å². The van der Waals surface area contributed by atoms with Gasteiger partial charge in [0, 0.05) is 37.6 Å². The van der Waals surface area contributed by atoms with Crippen LogP contribution in [0.1, 0.15) is 39.3 Å². The van der Waals surface area contributed by atoms with Crippen LogP contribution in [0.4, 0.5) is 5.69 Å². The molecule has 0 spiro atoms. The number of piperidine rings is 1. The van der Waals surface area contributed by atoms with Crippen molar-refractivity contribution in [1.82, 2.24) is 15.2 Å². The number of benzene rings is 1. The first-order valence-electron chi connectivity index (χ1n) is 10.00. The van der Waals surface area contributed by atoms with Crippen molar-refractivity contribution < 1.29 is 19.1 Å². The molecule has 164 valence electrons. The quantitative estimate of drug-likeness (QED) is 0.517. The van der Waals surface area contributed by atoms with Gasteiger partial charge in [0.25, 0.3) is 0 Å². The van der Waals surface area contributed by atoms with Gasteiger partial charge in [0.2, 0.25) is 0 Å². The number of hydrogen-bond acceptors (Lipinski definition) is 7. The van der Waals surface area contributed by atoms with Crippen molar-refractivity contribution in [2.45, 2.75) is 25.4 Å². The summed E-state index contributed by atoms with van der Waals surface area (Å²) in [5.74, 6) is -1.10. The van der Waals surface area contributed by atoms with Gasteiger partial charge in [-0.1, -0.05) is 6.07 Å². The number of pyridine rings is 1. The summed E-state index contributed by atoms with van der Waals surface area (Å²) in [5.41, 5.74) is 2.04. The molecule has 1 aromatic carbocycles. The SMILES string of the molecule is COC(=O)c1cc(NC(=S)NC2CCN(Cc3ccccn3)CC2)cc(C(=O)OC)c1. The van der Waals surface area contributed by atoms with Crippen LogP contribution >= 0.6 is 12.2 Å². The van der Waals surface area contributed by atoms with Crippen molar-refractivity contribution in [3.05, 3.63) is 59.4 Å². The van der Waals surface area contributed by atoms with E-state index in [0.29, 0.717) is 10.8 Å². The Morgan fingerprint density at radius 1 is 1.10 bits per heavy atom. The summed E-state index contributed by atoms with van der Waals surface area (Å²) in [6.45, 7) is 2.73. The van der Waals surface area contributed by atoms with E-state index in [-0.39, 0.29) is 17.2 Å². The average Bonchev–Trinajstić information content (AvgIpc) is 2.79. The number of esters is 2. The topological polar surface area (TPSA) is 92.8 Å². The van der Waals surface area contributed by atoms with Crippen molar-refractivity contribution >= 4 is 35.0 Å². The highest BCUT2D eigenvalue weighted by Crippen LogP contribution is 2.18. The normalized spacial score (nSPS) is 14.5. The molecule has 0 saturated carbocycles. The Hall–Kier alpha value is -3.04. The third-order valence-electron chi connectivity index (χ3n) is 5.07. The number of aromatic nitrogens is 1. The van der Waals surface area contributed by atoms with E-state index in [2.05, 4.69) is 20.5 Å². The van der Waals surface area contributed by atoms with Crippen LogP contribution < -0.4 is 10.6 Å². The van der Waals surface area contributed by atoms with Gasteiger partial charge in [-0.2, -0.15) is 0 Å². The molecule has 8 nitrogen and oxygen atoms in total. The second-order valence-electron chi connectivity index (χ2n) is 7.25. The molecule has 0 unspecified atom stereocenters. The summed E-state index contributed by atoms with van der Waals surface area (Å²) < 4.78 is 9.52. The highest BCUT2D eigenvalue weighted by atomic mass is 32.1. The third kappa shape index (κ3) is 6.47. The van der Waals surface area contributed by atoms with Crippen LogP contribution in [0.25, 0.3) is 0 Å². The highest BCUT2D eigenvalue weighted by Gasteiger charge is 2.20. The zero-order valence-electron chi connectivity index (χ0n) is 17.6. The van der Waals surface area contributed by atoms with E-state index in [1.165, 1.54) is 20.3 Å². The Kier molecular flexibility index (Phi) is 7.91. The van der Waals surface area contributed by atoms with Crippen LogP contribution in [0.3, 0.4) is 0 Å². The lowest BCUT2D eigenvalue weighted by Crippen LogP contribution is -2.45. The van der Waals surface area contributed by atoms with Crippen LogP contribution in [-0.2, 0) is 16.0 Å². The predicted molar refractivity (Wildman–Crippen MR) is 121 cm³/mol. The zero-order chi connectivity index (χ0) is 22.2. The molecule has 31 heavy (non-hydrogen) atoms. The van der Waals surface area contributed by atoms with Gasteiger partial charge in [-0.05, 0) is 55.4 Å². The minimum absolute atomic E-state index is 0.235. The van der Waals surface area contributed by atoms with Gasteiger partial charge >= 0.3 is 11.9 Å². The van der Waals surface area contributed by atoms with Crippen molar-refractivity contribution in [2.75, 3.05) is 32.6 Å². The van der Waals surface area contributed by atoms with Gasteiger partial charge in [-0.15, -0.1) is 0 Å². The largest absolute Gasteiger partial charge is 0.465 e. The van der Waals surface area contributed by atoms with Gasteiger partial charge in [-0.3, -0.25) is 9.88 Å². The first kappa shape index (κ1) is 22.6. The second kappa shape index (κ2) is 10.8. The standard InChI is InChI=1S/C22H26N4O4S/c1-29-20(27)15-11-16(21(28)30-2)13-19(12-15)25-22(31)24-17-6-9-26(10-7-17)14-18-5-3-4-8-23-18/h3-5,8,11-13,17H,6-7,9-10,14H2,1-2H3,(H2,24,25,31). The molecule has 0 aliphatic carbocycles. The Labute approximate surface area is 186 Å². The van der Waals surface area contributed by atoms with E-state index in [1.807, 2.05) is 24.4 Å². The van der Waals surface area contributed by atoms with E-state index >= 15 is 0 Å². The molecule has 0 bridgehead atoms. The number of thiocarbonyl (C=S) groups is 1. The van der Waals surface area contributed by atoms with Gasteiger partial charge < -0.3 is 20.1 Å². The smallest absolute Gasteiger partial charge is 0.337 e. The first-order chi connectivity index (χ1) is 15.0. The van der Waals surface area contributed by atoms with Gasteiger partial charge in [0.15, 0.2) is 5.11 Å². The van der Waals surface area contributed by atoms with Crippen molar-refractivity contribution in [3.63, 3.8) is 0 Å². The lowest BCUT2D eigenvalue weighted by Gasteiger charge is -2.32. The summed E-state index contributed by atoms with van der Waals surface area (Å²) in [4.78, 5) is 30.6. The number of rotatable bonds is 6. The number of ether oxygens (including phenoxy) is 2. The molecule has 1 saturated heterocycles. The zero-order valence-corrected chi connectivity index (χ0v) is 18.4. The number of methoxy groups -OCH3 is 2. The lowest BCUT2D eigenvalue weighted by atomic mass is 10.1. The summed E-state index contributed by atoms with van der Waals surface area (Å²) in [6.07, 6.45) is 3.71.